The fourth-order valence-electron chi connectivity index (χ4n) is 12.2. The van der Waals surface area contributed by atoms with Gasteiger partial charge in [0.2, 0.25) is 0 Å². The number of ether oxygens (including phenoxy) is 6. The molecule has 0 spiro atoms. The fourth-order valence-corrected chi connectivity index (χ4v) is 12.2. The smallest absolute Gasteiger partial charge is 0.343 e. The van der Waals surface area contributed by atoms with Crippen LogP contribution in [0.3, 0.4) is 0 Å². The van der Waals surface area contributed by atoms with Crippen LogP contribution in [0.1, 0.15) is 68.7 Å². The molecule has 0 unspecified atom stereocenters. The average Bonchev–Trinajstić information content (AvgIpc) is 3.68. The summed E-state index contributed by atoms with van der Waals surface area (Å²) in [6, 6.07) is 0. The fraction of sp³-hybridized carbons (Fsp3) is 0.778. The van der Waals surface area contributed by atoms with Crippen molar-refractivity contribution in [2.24, 2.45) is 57.7 Å². The van der Waals surface area contributed by atoms with E-state index in [0.717, 1.165) is 0 Å². The third-order valence-electron chi connectivity index (χ3n) is 14.1. The average molecular weight is 703 g/mol. The number of aliphatic hydroxyl groups is 2. The third kappa shape index (κ3) is 4.24. The number of rotatable bonds is 4. The molecular formula is C36H46O14. The van der Waals surface area contributed by atoms with Gasteiger partial charge in [-0.25, -0.2) is 4.79 Å². The summed E-state index contributed by atoms with van der Waals surface area (Å²) < 4.78 is 36.2. The highest BCUT2D eigenvalue weighted by Crippen LogP contribution is 2.76. The molecule has 2 aliphatic heterocycles. The van der Waals surface area contributed by atoms with Gasteiger partial charge in [0.25, 0.3) is 0 Å². The molecule has 0 aromatic carbocycles. The van der Waals surface area contributed by atoms with Gasteiger partial charge in [-0.3, -0.25) is 24.0 Å². The molecule has 50 heavy (non-hydrogen) atoms. The molecule has 18 atom stereocenters. The Labute approximate surface area is 289 Å². The van der Waals surface area contributed by atoms with Crippen LogP contribution in [-0.2, 0) is 57.2 Å². The molecule has 0 aromatic heterocycles. The molecule has 0 amide bonds. The topological polar surface area (TPSA) is 202 Å². The standard InChI is InChI=1S/C36H46O14/c1-12-10-19-35(8,36(9,44)32(43)50-19)24-21(12)34(7)22(28(24)45-13(2)37)20-23(29(46-14(3)38)31(34)48-16(5)40)33(6)17(25(41)26(20)42)11-18-27(49-18)30(33)47-15(4)39/h10,12,17-18,20-24,26-31,42,44H,11H2,1-9H3/t12-,17+,18+,20+,21+,22+,23-,24+,26-,27+,28-,29+,30+,31+,33+,34-,35+,36-/m1/s1. The van der Waals surface area contributed by atoms with Crippen molar-refractivity contribution in [3.8, 4) is 0 Å². The van der Waals surface area contributed by atoms with Crippen molar-refractivity contribution < 1.29 is 67.4 Å². The summed E-state index contributed by atoms with van der Waals surface area (Å²) in [5.74, 6) is -9.94. The zero-order valence-electron chi connectivity index (χ0n) is 29.7. The molecule has 0 radical (unpaired) electrons. The van der Waals surface area contributed by atoms with E-state index < -0.39 is 142 Å². The Morgan fingerprint density at radius 1 is 0.780 bits per heavy atom. The number of hydrogen-bond donors (Lipinski definition) is 2. The van der Waals surface area contributed by atoms with Gasteiger partial charge in [-0.1, -0.05) is 20.8 Å². The van der Waals surface area contributed by atoms with Crippen LogP contribution in [0.15, 0.2) is 11.8 Å². The molecule has 7 aliphatic rings. The molecule has 14 heteroatoms. The largest absolute Gasteiger partial charge is 0.462 e. The Bertz CT molecular complexity index is 1620. The number of Topliss-reactive ketones (excluding diaryl/α,β-unsaturated/α-hetero) is 1. The van der Waals surface area contributed by atoms with E-state index in [9.17, 15) is 39.0 Å². The van der Waals surface area contributed by atoms with Crippen molar-refractivity contribution in [2.75, 3.05) is 0 Å². The second-order valence-electron chi connectivity index (χ2n) is 16.4. The van der Waals surface area contributed by atoms with E-state index in [1.165, 1.54) is 34.6 Å². The predicted molar refractivity (Wildman–Crippen MR) is 166 cm³/mol. The minimum absolute atomic E-state index is 0.198. The van der Waals surface area contributed by atoms with Gasteiger partial charge in [0.15, 0.2) is 11.4 Å². The maximum Gasteiger partial charge on any atom is 0.343 e. The molecule has 4 saturated carbocycles. The van der Waals surface area contributed by atoms with Crippen LogP contribution < -0.4 is 0 Å². The summed E-state index contributed by atoms with van der Waals surface area (Å²) in [5.41, 5.74) is -6.23. The van der Waals surface area contributed by atoms with Crippen molar-refractivity contribution in [1.29, 1.82) is 0 Å². The molecule has 2 N–H and O–H groups in total. The summed E-state index contributed by atoms with van der Waals surface area (Å²) in [5, 5.41) is 24.2. The lowest BCUT2D eigenvalue weighted by atomic mass is 9.41. The van der Waals surface area contributed by atoms with Gasteiger partial charge < -0.3 is 38.6 Å². The summed E-state index contributed by atoms with van der Waals surface area (Å²) >= 11 is 0. The molecule has 6 fully saturated rings. The lowest BCUT2D eigenvalue weighted by Crippen LogP contribution is -2.74. The molecule has 0 bridgehead atoms. The van der Waals surface area contributed by atoms with Crippen LogP contribution in [0.2, 0.25) is 0 Å². The highest BCUT2D eigenvalue weighted by Gasteiger charge is 2.83. The number of ketones is 1. The van der Waals surface area contributed by atoms with Crippen LogP contribution in [0.4, 0.5) is 0 Å². The van der Waals surface area contributed by atoms with Gasteiger partial charge in [-0.2, -0.15) is 0 Å². The van der Waals surface area contributed by atoms with Crippen LogP contribution in [0, 0.1) is 57.7 Å². The number of allylic oxidation sites excluding steroid dienone is 1. The number of aliphatic hydroxyl groups excluding tert-OH is 1. The normalized spacial score (nSPS) is 52.3. The van der Waals surface area contributed by atoms with Crippen molar-refractivity contribution in [3.63, 3.8) is 0 Å². The lowest BCUT2D eigenvalue weighted by Gasteiger charge is -2.65. The Kier molecular flexibility index (Phi) is 7.59. The molecule has 14 nitrogen and oxygen atoms in total. The third-order valence-corrected chi connectivity index (χ3v) is 14.1. The number of hydrogen-bond acceptors (Lipinski definition) is 14. The predicted octanol–water partition coefficient (Wildman–Crippen LogP) is 1.41. The summed E-state index contributed by atoms with van der Waals surface area (Å²) in [6.07, 6.45) is -5.40. The lowest BCUT2D eigenvalue weighted by molar-refractivity contribution is -0.272. The van der Waals surface area contributed by atoms with Gasteiger partial charge in [-0.15, -0.1) is 0 Å². The number of esters is 5. The quantitative estimate of drug-likeness (QED) is 0.242. The molecule has 0 aromatic rings. The molecule has 5 aliphatic carbocycles. The Morgan fingerprint density at radius 3 is 1.90 bits per heavy atom. The Hall–Kier alpha value is -3.36. The first-order chi connectivity index (χ1) is 23.1. The minimum atomic E-state index is -2.10. The minimum Gasteiger partial charge on any atom is -0.462 e. The Balaban J connectivity index is 1.53. The summed E-state index contributed by atoms with van der Waals surface area (Å²) in [7, 11) is 0. The molecule has 2 saturated heterocycles. The number of carbonyl (C=O) groups excluding carboxylic acids is 6. The highest BCUT2D eigenvalue weighted by molar-refractivity contribution is 5.88. The molecular weight excluding hydrogens is 656 g/mol. The number of epoxide rings is 1. The van der Waals surface area contributed by atoms with Gasteiger partial charge in [-0.05, 0) is 38.2 Å². The van der Waals surface area contributed by atoms with Crippen molar-refractivity contribution in [3.05, 3.63) is 11.8 Å². The Morgan fingerprint density at radius 2 is 1.32 bits per heavy atom. The van der Waals surface area contributed by atoms with Crippen molar-refractivity contribution >= 4 is 35.6 Å². The summed E-state index contributed by atoms with van der Waals surface area (Å²) in [6.45, 7) is 13.3. The van der Waals surface area contributed by atoms with Crippen LogP contribution in [0.5, 0.6) is 0 Å². The highest BCUT2D eigenvalue weighted by atomic mass is 16.6. The number of carbonyl (C=O) groups is 6. The first-order valence-electron chi connectivity index (χ1n) is 17.4. The molecule has 274 valence electrons. The van der Waals surface area contributed by atoms with Crippen LogP contribution >= 0.6 is 0 Å². The van der Waals surface area contributed by atoms with E-state index in [1.807, 2.05) is 6.92 Å². The van der Waals surface area contributed by atoms with E-state index in [-0.39, 0.29) is 12.2 Å². The van der Waals surface area contributed by atoms with Crippen molar-refractivity contribution in [1.82, 2.24) is 0 Å². The van der Waals surface area contributed by atoms with Crippen LogP contribution in [0.25, 0.3) is 0 Å². The maximum absolute atomic E-state index is 14.5. The maximum atomic E-state index is 14.5. The van der Waals surface area contributed by atoms with Gasteiger partial charge >= 0.3 is 29.8 Å². The van der Waals surface area contributed by atoms with E-state index in [1.54, 1.807) is 26.8 Å². The molecule has 7 rings (SSSR count). The van der Waals surface area contributed by atoms with E-state index >= 15 is 0 Å². The van der Waals surface area contributed by atoms with Gasteiger partial charge in [0.05, 0.1) is 11.5 Å². The zero-order chi connectivity index (χ0) is 36.8. The van der Waals surface area contributed by atoms with Gasteiger partial charge in [0, 0.05) is 68.1 Å². The first kappa shape index (κ1) is 35.1. The SMILES string of the molecule is CC(=O)O[C@@H]1[C@@H]2[C@H]3[C@H]([C@H](OC(C)=O)[C@H](OC(C)=O)[C@]2(C)[C@@H]2[C@@H]1[C@]1(C)C(=C[C@H]2C)OC(=O)[C@@]1(C)O)[C@]1(C)[C@@H](C[C@@H]2O[C@@H]2[C@@H]1OC(C)=O)C(=O)[C@@H]3O. The number of fused-ring (bicyclic) bond motifs is 10. The van der Waals surface area contributed by atoms with E-state index in [2.05, 4.69) is 0 Å². The first-order valence-corrected chi connectivity index (χ1v) is 17.4. The van der Waals surface area contributed by atoms with Crippen molar-refractivity contribution in [2.45, 2.75) is 117 Å². The zero-order valence-corrected chi connectivity index (χ0v) is 29.7. The second-order valence-corrected chi connectivity index (χ2v) is 16.4. The molecule has 2 heterocycles. The van der Waals surface area contributed by atoms with Crippen LogP contribution in [-0.4, -0.2) is 94.2 Å². The monoisotopic (exact) mass is 702 g/mol. The second kappa shape index (κ2) is 10.8. The van der Waals surface area contributed by atoms with Gasteiger partial charge in [0.1, 0.15) is 42.4 Å². The summed E-state index contributed by atoms with van der Waals surface area (Å²) in [4.78, 5) is 79.7. The van der Waals surface area contributed by atoms with E-state index in [0.29, 0.717) is 0 Å². The van der Waals surface area contributed by atoms with E-state index in [4.69, 9.17) is 28.4 Å².